The third-order valence-corrected chi connectivity index (χ3v) is 2.84. The number of hydrogen-bond donors (Lipinski definition) is 1. The predicted octanol–water partition coefficient (Wildman–Crippen LogP) is 2.29. The topological polar surface area (TPSA) is 37.3 Å². The van der Waals surface area contributed by atoms with Gasteiger partial charge in [-0.1, -0.05) is 42.5 Å². The van der Waals surface area contributed by atoms with E-state index in [1.54, 1.807) is 12.1 Å². The van der Waals surface area contributed by atoms with Crippen molar-refractivity contribution in [1.82, 2.24) is 0 Å². The van der Waals surface area contributed by atoms with Crippen LogP contribution in [-0.2, 0) is 11.1 Å². The summed E-state index contributed by atoms with van der Waals surface area (Å²) in [5, 5.41) is 0. The van der Waals surface area contributed by atoms with E-state index >= 15 is 0 Å². The Kier molecular flexibility index (Phi) is 6.06. The van der Waals surface area contributed by atoms with Crippen LogP contribution in [0.5, 0.6) is 0 Å². The number of rotatable bonds is 2. The van der Waals surface area contributed by atoms with E-state index in [9.17, 15) is 4.21 Å². The van der Waals surface area contributed by atoms with Crippen LogP contribution < -0.4 is 0 Å². The van der Waals surface area contributed by atoms with E-state index in [-0.39, 0.29) is 51.4 Å². The molecule has 16 heavy (non-hydrogen) atoms. The van der Waals surface area contributed by atoms with Crippen molar-refractivity contribution in [3.8, 4) is 11.1 Å². The molecule has 0 heterocycles. The molecule has 2 aromatic rings. The van der Waals surface area contributed by atoms with Crippen LogP contribution in [0.3, 0.4) is 0 Å². The predicted molar refractivity (Wildman–Crippen MR) is 68.1 cm³/mol. The third kappa shape index (κ3) is 3.60. The molecule has 0 aromatic heterocycles. The first-order valence-electron chi connectivity index (χ1n) is 4.54. The molecule has 1 atom stereocenters. The van der Waals surface area contributed by atoms with Crippen molar-refractivity contribution in [3.63, 3.8) is 0 Å². The van der Waals surface area contributed by atoms with Gasteiger partial charge in [0.15, 0.2) is 11.1 Å². The van der Waals surface area contributed by atoms with Crippen molar-refractivity contribution >= 4 is 62.5 Å². The molecule has 0 saturated carbocycles. The zero-order chi connectivity index (χ0) is 10.7. The van der Waals surface area contributed by atoms with Gasteiger partial charge in [0, 0.05) is 0 Å². The summed E-state index contributed by atoms with van der Waals surface area (Å²) in [4.78, 5) is 0.426. The molecule has 1 N–H and O–H groups in total. The molecule has 0 aliphatic heterocycles. The van der Waals surface area contributed by atoms with Gasteiger partial charge in [0.1, 0.15) is 0 Å². The zero-order valence-corrected chi connectivity index (χ0v) is 8.78. The summed E-state index contributed by atoms with van der Waals surface area (Å²) < 4.78 is 19.6. The summed E-state index contributed by atoms with van der Waals surface area (Å²) in [5.41, 5.74) is 2.15. The molecule has 2 aromatic carbocycles. The first-order valence-corrected chi connectivity index (χ1v) is 5.64. The second kappa shape index (κ2) is 6.81. The maximum absolute atomic E-state index is 10.8. The Balaban J connectivity index is 0.00000128. The van der Waals surface area contributed by atoms with Gasteiger partial charge in [0.05, 0.1) is 4.90 Å². The van der Waals surface area contributed by atoms with Crippen molar-refractivity contribution in [2.24, 2.45) is 0 Å². The minimum atomic E-state index is -1.89. The fraction of sp³-hybridized carbons (Fsp3) is 0. The van der Waals surface area contributed by atoms with Gasteiger partial charge >= 0.3 is 51.4 Å². The van der Waals surface area contributed by atoms with Gasteiger partial charge in [-0.25, -0.2) is 4.21 Å². The Morgan fingerprint density at radius 3 is 1.81 bits per heavy atom. The Hall–Kier alpha value is 0.186. The van der Waals surface area contributed by atoms with Gasteiger partial charge < -0.3 is 4.55 Å². The Bertz CT molecular complexity index is 468. The van der Waals surface area contributed by atoms with Crippen molar-refractivity contribution in [1.29, 1.82) is 0 Å². The van der Waals surface area contributed by atoms with E-state index < -0.39 is 11.1 Å². The molecule has 0 saturated heterocycles. The molecule has 0 fully saturated rings. The fourth-order valence-electron chi connectivity index (χ4n) is 1.39. The number of hydrogen-bond acceptors (Lipinski definition) is 1. The quantitative estimate of drug-likeness (QED) is 0.663. The second-order valence-corrected chi connectivity index (χ2v) is 4.11. The van der Waals surface area contributed by atoms with E-state index in [1.165, 1.54) is 0 Å². The van der Waals surface area contributed by atoms with Gasteiger partial charge in [-0.2, -0.15) is 0 Å². The van der Waals surface area contributed by atoms with Gasteiger partial charge in [0.2, 0.25) is 0 Å². The zero-order valence-electron chi connectivity index (χ0n) is 7.96. The summed E-state index contributed by atoms with van der Waals surface area (Å²) in [5.74, 6) is 0. The first-order chi connectivity index (χ1) is 7.27. The standard InChI is InChI=1S/C12H10O2S.K.H/c13-15(14)12-8-6-11(7-9-12)10-4-2-1-3-5-10;;/h1-9H,(H,13,14);;. The Morgan fingerprint density at radius 1 is 0.812 bits per heavy atom. The van der Waals surface area contributed by atoms with E-state index in [4.69, 9.17) is 4.55 Å². The van der Waals surface area contributed by atoms with Crippen LogP contribution in [-0.4, -0.2) is 60.1 Å². The third-order valence-electron chi connectivity index (χ3n) is 2.16. The molecule has 0 aliphatic carbocycles. The van der Waals surface area contributed by atoms with Crippen LogP contribution in [0.4, 0.5) is 0 Å². The molecular weight excluding hydrogens is 247 g/mol. The van der Waals surface area contributed by atoms with Crippen LogP contribution in [0.2, 0.25) is 0 Å². The van der Waals surface area contributed by atoms with Crippen molar-refractivity contribution in [2.75, 3.05) is 0 Å². The van der Waals surface area contributed by atoms with E-state index in [2.05, 4.69) is 0 Å². The summed E-state index contributed by atoms with van der Waals surface area (Å²) >= 11 is -1.89. The molecule has 0 amide bonds. The van der Waals surface area contributed by atoms with E-state index in [0.717, 1.165) is 11.1 Å². The summed E-state index contributed by atoms with van der Waals surface area (Å²) in [6.07, 6.45) is 0. The molecule has 4 heteroatoms. The SMILES string of the molecule is O=S(O)c1ccc(-c2ccccc2)cc1.[KH]. The van der Waals surface area contributed by atoms with E-state index in [1.807, 2.05) is 42.5 Å². The molecule has 2 rings (SSSR count). The molecule has 0 radical (unpaired) electrons. The van der Waals surface area contributed by atoms with Gasteiger partial charge in [-0.3, -0.25) is 0 Å². The molecule has 0 aliphatic rings. The molecule has 0 bridgehead atoms. The van der Waals surface area contributed by atoms with Gasteiger partial charge in [-0.15, -0.1) is 0 Å². The van der Waals surface area contributed by atoms with Crippen LogP contribution >= 0.6 is 0 Å². The molecule has 2 nitrogen and oxygen atoms in total. The van der Waals surface area contributed by atoms with Crippen LogP contribution in [0.15, 0.2) is 59.5 Å². The Morgan fingerprint density at radius 2 is 1.31 bits per heavy atom. The van der Waals surface area contributed by atoms with Gasteiger partial charge in [-0.05, 0) is 23.3 Å². The average molecular weight is 258 g/mol. The summed E-state index contributed by atoms with van der Waals surface area (Å²) in [6.45, 7) is 0. The van der Waals surface area contributed by atoms with Crippen molar-refractivity contribution in [2.45, 2.75) is 4.90 Å². The van der Waals surface area contributed by atoms with Gasteiger partial charge in [0.25, 0.3) is 0 Å². The molecule has 0 spiro atoms. The fourth-order valence-corrected chi connectivity index (χ4v) is 1.76. The summed E-state index contributed by atoms with van der Waals surface area (Å²) in [7, 11) is 0. The average Bonchev–Trinajstić information content (AvgIpc) is 2.30. The first kappa shape index (κ1) is 14.2. The van der Waals surface area contributed by atoms with Crippen LogP contribution in [0.25, 0.3) is 11.1 Å². The maximum atomic E-state index is 10.8. The summed E-state index contributed by atoms with van der Waals surface area (Å²) in [6, 6.07) is 16.9. The molecular formula is C12H11KO2S. The van der Waals surface area contributed by atoms with Crippen molar-refractivity contribution in [3.05, 3.63) is 54.6 Å². The number of benzene rings is 2. The van der Waals surface area contributed by atoms with Crippen LogP contribution in [0, 0.1) is 0 Å². The van der Waals surface area contributed by atoms with E-state index in [0.29, 0.717) is 4.90 Å². The Labute approximate surface area is 140 Å². The second-order valence-electron chi connectivity index (χ2n) is 3.14. The minimum absolute atomic E-state index is 0. The monoisotopic (exact) mass is 258 g/mol. The molecule has 1 unspecified atom stereocenters. The molecule has 78 valence electrons. The normalized spacial score (nSPS) is 11.6. The van der Waals surface area contributed by atoms with Crippen molar-refractivity contribution < 1.29 is 8.76 Å². The van der Waals surface area contributed by atoms with Crippen LogP contribution in [0.1, 0.15) is 0 Å².